The van der Waals surface area contributed by atoms with Crippen LogP contribution in [0.5, 0.6) is 0 Å². The Balaban J connectivity index is 0. The Hall–Kier alpha value is 1.50. The van der Waals surface area contributed by atoms with Gasteiger partial charge in [0, 0.05) is 20.4 Å². The first-order chi connectivity index (χ1) is 0. The summed E-state index contributed by atoms with van der Waals surface area (Å²) in [7, 11) is 0. The van der Waals surface area contributed by atoms with E-state index in [4.69, 9.17) is 0 Å². The van der Waals surface area contributed by atoms with E-state index >= 15 is 0 Å². The first-order valence-corrected chi connectivity index (χ1v) is 0. The summed E-state index contributed by atoms with van der Waals surface area (Å²) < 4.78 is 0. The third-order valence-electron chi connectivity index (χ3n) is 0. The third-order valence-corrected chi connectivity index (χ3v) is 0. The average molecular weight is 280 g/mol. The summed E-state index contributed by atoms with van der Waals surface area (Å²) in [6.07, 6.45) is 0. The van der Waals surface area contributed by atoms with Crippen LogP contribution < -0.4 is 29.6 Å². The Morgan fingerprint density at radius 2 is 0.667 bits per heavy atom. The molecule has 39 valence electrons. The summed E-state index contributed by atoms with van der Waals surface area (Å²) in [5.41, 5.74) is 0. The number of hydrogen-bond donors (Lipinski definition) is 0. The molecule has 0 aromatic heterocycles. The molecule has 7 N–H and O–H groups in total. The van der Waals surface area contributed by atoms with E-state index in [1.165, 1.54) is 0 Å². The van der Waals surface area contributed by atoms with E-state index in [2.05, 4.69) is 0 Å². The molecule has 0 fully saturated rings. The zero-order valence-corrected chi connectivity index (χ0v) is 8.04. The first-order valence-electron chi connectivity index (χ1n) is 0. The summed E-state index contributed by atoms with van der Waals surface area (Å²) >= 11 is 0. The second-order valence-corrected chi connectivity index (χ2v) is 0. The predicted octanol–water partition coefficient (Wildman–Crippen LogP) is -5.65. The van der Waals surface area contributed by atoms with Gasteiger partial charge in [-0.2, -0.15) is 0 Å². The van der Waals surface area contributed by atoms with E-state index in [9.17, 15) is 0 Å². The molecule has 0 aromatic carbocycles. The topological polar surface area (TPSA) is 124 Å². The van der Waals surface area contributed by atoms with Crippen molar-refractivity contribution >= 4 is 0 Å². The van der Waals surface area contributed by atoms with Crippen LogP contribution >= 0.6 is 0 Å². The van der Waals surface area contributed by atoms with Crippen LogP contribution in [-0.4, -0.2) is 21.9 Å². The molecule has 0 aliphatic rings. The Kier molecular flexibility index (Phi) is 2040. The summed E-state index contributed by atoms with van der Waals surface area (Å²) in [5, 5.41) is 0. The molecule has 0 saturated carbocycles. The second-order valence-electron chi connectivity index (χ2n) is 0. The molecule has 4 nitrogen and oxygen atoms in total. The van der Waals surface area contributed by atoms with Crippen molar-refractivity contribution in [3.05, 3.63) is 0 Å². The zero-order chi connectivity index (χ0) is 0. The molecule has 0 atom stereocenters. The molecule has 0 rings (SSSR count). The number of hydrogen-bond acceptors (Lipinski definition) is 1. The molecular formula is H7NaO4Re. The Bertz CT molecular complexity index is 7.51. The average Bonchev–Trinajstić information content (AvgIpc) is 0. The molecule has 0 heterocycles. The van der Waals surface area contributed by atoms with Gasteiger partial charge in [-0.15, -0.1) is 0 Å². The van der Waals surface area contributed by atoms with Crippen LogP contribution in [-0.2, 0) is 20.4 Å². The molecule has 0 aromatic rings. The minimum atomic E-state index is 0. The SMILES string of the molecule is O.O.O.[Na+].[OH-].[Re]. The predicted molar refractivity (Wildman–Crippen MR) is 12.8 cm³/mol. The van der Waals surface area contributed by atoms with E-state index in [-0.39, 0.29) is 71.9 Å². The van der Waals surface area contributed by atoms with Gasteiger partial charge < -0.3 is 21.9 Å². The van der Waals surface area contributed by atoms with E-state index in [0.717, 1.165) is 0 Å². The van der Waals surface area contributed by atoms with E-state index in [1.807, 2.05) is 0 Å². The van der Waals surface area contributed by atoms with Gasteiger partial charge in [0.1, 0.15) is 0 Å². The third kappa shape index (κ3) is 49.4. The van der Waals surface area contributed by atoms with Gasteiger partial charge in [0.05, 0.1) is 0 Å². The molecule has 0 unspecified atom stereocenters. The van der Waals surface area contributed by atoms with Crippen LogP contribution in [0.4, 0.5) is 0 Å². The fourth-order valence-corrected chi connectivity index (χ4v) is 0. The van der Waals surface area contributed by atoms with Crippen molar-refractivity contribution in [3.8, 4) is 0 Å². The normalized spacial score (nSPS) is 0. The smallest absolute Gasteiger partial charge is 0.870 e. The molecule has 0 aliphatic heterocycles. The fraction of sp³-hybridized carbons (Fsp3) is 0. The van der Waals surface area contributed by atoms with Gasteiger partial charge in [-0.05, 0) is 0 Å². The van der Waals surface area contributed by atoms with Crippen molar-refractivity contribution in [3.63, 3.8) is 0 Å². The van der Waals surface area contributed by atoms with Gasteiger partial charge in [-0.1, -0.05) is 0 Å². The molecule has 6 heteroatoms. The van der Waals surface area contributed by atoms with Crippen LogP contribution in [0.15, 0.2) is 0 Å². The first kappa shape index (κ1) is 141. The Morgan fingerprint density at radius 3 is 0.667 bits per heavy atom. The molecule has 0 spiro atoms. The van der Waals surface area contributed by atoms with Crippen molar-refractivity contribution in [2.45, 2.75) is 0 Å². The molecule has 0 amide bonds. The summed E-state index contributed by atoms with van der Waals surface area (Å²) in [6.45, 7) is 0. The largest absolute Gasteiger partial charge is 1.00 e. The van der Waals surface area contributed by atoms with Crippen LogP contribution in [0.2, 0.25) is 0 Å². The van der Waals surface area contributed by atoms with E-state index in [0.29, 0.717) is 0 Å². The molecule has 6 heavy (non-hydrogen) atoms. The van der Waals surface area contributed by atoms with Gasteiger partial charge in [0.15, 0.2) is 0 Å². The quantitative estimate of drug-likeness (QED) is 0.403. The summed E-state index contributed by atoms with van der Waals surface area (Å²) in [5.74, 6) is 0. The Morgan fingerprint density at radius 1 is 0.667 bits per heavy atom. The van der Waals surface area contributed by atoms with Gasteiger partial charge in [0.25, 0.3) is 0 Å². The molecule has 0 saturated heterocycles. The van der Waals surface area contributed by atoms with Crippen LogP contribution in [0, 0.1) is 0 Å². The van der Waals surface area contributed by atoms with Gasteiger partial charge in [-0.3, -0.25) is 0 Å². The zero-order valence-electron chi connectivity index (χ0n) is 3.33. The van der Waals surface area contributed by atoms with E-state index in [1.54, 1.807) is 0 Å². The Labute approximate surface area is 71.5 Å². The van der Waals surface area contributed by atoms with Gasteiger partial charge >= 0.3 is 29.6 Å². The number of rotatable bonds is 0. The maximum Gasteiger partial charge on any atom is 1.00 e. The van der Waals surface area contributed by atoms with Crippen molar-refractivity contribution < 1.29 is 71.9 Å². The molecular weight excluding hydrogens is 273 g/mol. The van der Waals surface area contributed by atoms with Crippen LogP contribution in [0.1, 0.15) is 0 Å². The van der Waals surface area contributed by atoms with E-state index < -0.39 is 0 Å². The molecule has 0 bridgehead atoms. The molecule has 1 radical (unpaired) electrons. The van der Waals surface area contributed by atoms with Gasteiger partial charge in [-0.25, -0.2) is 0 Å². The summed E-state index contributed by atoms with van der Waals surface area (Å²) in [4.78, 5) is 0. The minimum Gasteiger partial charge on any atom is -0.870 e. The van der Waals surface area contributed by atoms with Crippen LogP contribution in [0.3, 0.4) is 0 Å². The summed E-state index contributed by atoms with van der Waals surface area (Å²) in [6, 6.07) is 0. The minimum absolute atomic E-state index is 0. The monoisotopic (exact) mass is 281 g/mol. The van der Waals surface area contributed by atoms with Crippen molar-refractivity contribution in [1.82, 2.24) is 0 Å². The maximum absolute atomic E-state index is 0. The standard InChI is InChI=1S/Na.4H2O.Re/h;4*1H2;/q+1;;;;;/p-1. The van der Waals surface area contributed by atoms with Crippen LogP contribution in [0.25, 0.3) is 0 Å². The van der Waals surface area contributed by atoms with Crippen molar-refractivity contribution in [2.75, 3.05) is 0 Å². The second kappa shape index (κ2) is 87.2. The van der Waals surface area contributed by atoms with Crippen molar-refractivity contribution in [1.29, 1.82) is 0 Å². The maximum atomic E-state index is 0. The van der Waals surface area contributed by atoms with Gasteiger partial charge in [0.2, 0.25) is 0 Å². The fourth-order valence-electron chi connectivity index (χ4n) is 0. The molecule has 0 aliphatic carbocycles. The van der Waals surface area contributed by atoms with Crippen molar-refractivity contribution in [2.24, 2.45) is 0 Å².